The fraction of sp³-hybridized carbons (Fsp3) is 0.185. The maximum Gasteiger partial charge on any atom is 0.255 e. The van der Waals surface area contributed by atoms with E-state index in [2.05, 4.69) is 10.5 Å². The monoisotopic (exact) mass is 458 g/mol. The van der Waals surface area contributed by atoms with Crippen molar-refractivity contribution in [2.24, 2.45) is 0 Å². The minimum atomic E-state index is -0.219. The van der Waals surface area contributed by atoms with Gasteiger partial charge in [0.25, 0.3) is 5.91 Å². The average Bonchev–Trinajstić information content (AvgIpc) is 3.19. The summed E-state index contributed by atoms with van der Waals surface area (Å²) >= 11 is 0. The van der Waals surface area contributed by atoms with Crippen molar-refractivity contribution in [1.29, 1.82) is 0 Å². The van der Waals surface area contributed by atoms with Crippen LogP contribution in [0.25, 0.3) is 11.1 Å². The molecule has 0 unspecified atom stereocenters. The highest BCUT2D eigenvalue weighted by atomic mass is 16.5. The van der Waals surface area contributed by atoms with E-state index in [0.717, 1.165) is 33.9 Å². The maximum atomic E-state index is 12.8. The molecule has 7 heteroatoms. The molecule has 0 aliphatic rings. The molecule has 0 radical (unpaired) electrons. The van der Waals surface area contributed by atoms with Gasteiger partial charge in [0.15, 0.2) is 0 Å². The summed E-state index contributed by atoms with van der Waals surface area (Å²) in [6, 6.07) is 20.2. The van der Waals surface area contributed by atoms with Gasteiger partial charge >= 0.3 is 0 Å². The van der Waals surface area contributed by atoms with Crippen molar-refractivity contribution in [3.8, 4) is 28.4 Å². The number of nitrogens with one attached hydrogen (secondary N) is 1. The van der Waals surface area contributed by atoms with E-state index >= 15 is 0 Å². The van der Waals surface area contributed by atoms with Crippen LogP contribution in [0.4, 0.5) is 5.69 Å². The lowest BCUT2D eigenvalue weighted by atomic mass is 10.0. The molecule has 3 aromatic carbocycles. The second-order valence-electron chi connectivity index (χ2n) is 7.71. The second kappa shape index (κ2) is 10.1. The van der Waals surface area contributed by atoms with Gasteiger partial charge in [-0.05, 0) is 74.0 Å². The van der Waals surface area contributed by atoms with Crippen molar-refractivity contribution in [2.75, 3.05) is 19.5 Å². The Hall–Kier alpha value is -4.26. The second-order valence-corrected chi connectivity index (χ2v) is 7.71. The summed E-state index contributed by atoms with van der Waals surface area (Å²) in [5, 5.41) is 6.88. The molecule has 0 atom stereocenters. The third kappa shape index (κ3) is 5.04. The Morgan fingerprint density at radius 2 is 1.62 bits per heavy atom. The van der Waals surface area contributed by atoms with Gasteiger partial charge in [-0.2, -0.15) is 0 Å². The van der Waals surface area contributed by atoms with Crippen LogP contribution in [0, 0.1) is 13.8 Å². The minimum Gasteiger partial charge on any atom is -0.497 e. The fourth-order valence-corrected chi connectivity index (χ4v) is 3.55. The van der Waals surface area contributed by atoms with Gasteiger partial charge in [-0.3, -0.25) is 4.79 Å². The Morgan fingerprint density at radius 1 is 0.912 bits per heavy atom. The summed E-state index contributed by atoms with van der Waals surface area (Å²) in [5.74, 6) is 2.65. The third-order valence-electron chi connectivity index (χ3n) is 5.54. The van der Waals surface area contributed by atoms with Gasteiger partial charge in [-0.1, -0.05) is 17.3 Å². The molecule has 0 saturated heterocycles. The molecule has 1 heterocycles. The van der Waals surface area contributed by atoms with Crippen LogP contribution in [0.15, 0.2) is 71.3 Å². The lowest BCUT2D eigenvalue weighted by molar-refractivity contribution is 0.102. The maximum absolute atomic E-state index is 12.8. The van der Waals surface area contributed by atoms with Crippen LogP contribution in [0.1, 0.15) is 27.4 Å². The lowest BCUT2D eigenvalue weighted by Gasteiger charge is -2.13. The molecule has 0 spiro atoms. The van der Waals surface area contributed by atoms with Gasteiger partial charge < -0.3 is 24.1 Å². The predicted octanol–water partition coefficient (Wildman–Crippen LogP) is 5.81. The van der Waals surface area contributed by atoms with E-state index in [0.29, 0.717) is 29.4 Å². The van der Waals surface area contributed by atoms with Crippen LogP contribution in [-0.2, 0) is 6.61 Å². The van der Waals surface area contributed by atoms with E-state index in [1.807, 2.05) is 56.3 Å². The molecular weight excluding hydrogens is 432 g/mol. The summed E-state index contributed by atoms with van der Waals surface area (Å²) in [5.41, 5.74) is 4.73. The number of ether oxygens (including phenoxy) is 3. The molecule has 7 nitrogen and oxygen atoms in total. The molecule has 0 aliphatic heterocycles. The summed E-state index contributed by atoms with van der Waals surface area (Å²) in [4.78, 5) is 12.8. The number of rotatable bonds is 8. The van der Waals surface area contributed by atoms with Crippen molar-refractivity contribution in [2.45, 2.75) is 20.5 Å². The quantitative estimate of drug-likeness (QED) is 0.359. The third-order valence-corrected chi connectivity index (χ3v) is 5.54. The number of aromatic nitrogens is 1. The number of methoxy groups -OCH3 is 2. The van der Waals surface area contributed by atoms with Gasteiger partial charge in [0.2, 0.25) is 0 Å². The number of aryl methyl sites for hydroxylation is 2. The van der Waals surface area contributed by atoms with Gasteiger partial charge in [0.05, 0.1) is 25.5 Å². The van der Waals surface area contributed by atoms with Crippen LogP contribution in [0.5, 0.6) is 17.2 Å². The molecule has 4 aromatic rings. The average molecular weight is 459 g/mol. The molecule has 1 amide bonds. The zero-order valence-electron chi connectivity index (χ0n) is 19.5. The first-order valence-electron chi connectivity index (χ1n) is 10.8. The fourth-order valence-electron chi connectivity index (χ4n) is 3.55. The van der Waals surface area contributed by atoms with E-state index in [4.69, 9.17) is 18.7 Å². The van der Waals surface area contributed by atoms with Gasteiger partial charge in [-0.25, -0.2) is 0 Å². The lowest BCUT2D eigenvalue weighted by Crippen LogP contribution is -2.12. The zero-order chi connectivity index (χ0) is 24.1. The van der Waals surface area contributed by atoms with Crippen LogP contribution in [0.2, 0.25) is 0 Å². The first-order valence-corrected chi connectivity index (χ1v) is 10.8. The number of amides is 1. The molecule has 0 bridgehead atoms. The number of hydrogen-bond acceptors (Lipinski definition) is 6. The van der Waals surface area contributed by atoms with Crippen molar-refractivity contribution in [3.05, 3.63) is 89.3 Å². The Bertz CT molecular complexity index is 1260. The summed E-state index contributed by atoms with van der Waals surface area (Å²) in [6.07, 6.45) is 0. The normalized spacial score (nSPS) is 10.6. The van der Waals surface area contributed by atoms with E-state index in [-0.39, 0.29) is 5.91 Å². The number of carbonyl (C=O) groups excluding carboxylic acids is 1. The predicted molar refractivity (Wildman–Crippen MR) is 130 cm³/mol. The summed E-state index contributed by atoms with van der Waals surface area (Å²) < 4.78 is 21.7. The highest BCUT2D eigenvalue weighted by Gasteiger charge is 2.12. The summed E-state index contributed by atoms with van der Waals surface area (Å²) in [7, 11) is 3.25. The SMILES string of the molecule is COc1ccc(-c2cc(NC(=O)c3ccc(OCc4c(C)noc4C)cc3)ccc2OC)cc1. The number of hydrogen-bond donors (Lipinski definition) is 1. The van der Waals surface area contributed by atoms with Gasteiger partial charge in [0, 0.05) is 16.8 Å². The molecular formula is C27H26N2O5. The van der Waals surface area contributed by atoms with E-state index in [1.54, 1.807) is 38.5 Å². The number of anilines is 1. The Morgan fingerprint density at radius 3 is 2.24 bits per heavy atom. The molecule has 0 saturated carbocycles. The van der Waals surface area contributed by atoms with Gasteiger partial charge in [-0.15, -0.1) is 0 Å². The first-order chi connectivity index (χ1) is 16.5. The molecule has 1 aromatic heterocycles. The molecule has 0 fully saturated rings. The molecule has 174 valence electrons. The van der Waals surface area contributed by atoms with Crippen LogP contribution in [-0.4, -0.2) is 25.3 Å². The highest BCUT2D eigenvalue weighted by molar-refractivity contribution is 6.04. The smallest absolute Gasteiger partial charge is 0.255 e. The zero-order valence-corrected chi connectivity index (χ0v) is 19.5. The van der Waals surface area contributed by atoms with Gasteiger partial charge in [0.1, 0.15) is 29.6 Å². The number of nitrogens with zero attached hydrogens (tertiary/aromatic N) is 1. The van der Waals surface area contributed by atoms with Crippen LogP contribution in [0.3, 0.4) is 0 Å². The number of carbonyl (C=O) groups is 1. The van der Waals surface area contributed by atoms with E-state index < -0.39 is 0 Å². The molecule has 4 rings (SSSR count). The Balaban J connectivity index is 1.45. The topological polar surface area (TPSA) is 82.8 Å². The highest BCUT2D eigenvalue weighted by Crippen LogP contribution is 2.33. The van der Waals surface area contributed by atoms with Crippen molar-refractivity contribution in [3.63, 3.8) is 0 Å². The standard InChI is InChI=1S/C27H26N2O5/c1-17-25(18(2)34-29-17)16-33-23-12-7-20(8-13-23)27(30)28-21-9-14-26(32-4)24(15-21)19-5-10-22(31-3)11-6-19/h5-15H,16H2,1-4H3,(H,28,30). The van der Waals surface area contributed by atoms with Crippen LogP contribution >= 0.6 is 0 Å². The van der Waals surface area contributed by atoms with Crippen molar-refractivity contribution >= 4 is 11.6 Å². The summed E-state index contributed by atoms with van der Waals surface area (Å²) in [6.45, 7) is 4.08. The van der Waals surface area contributed by atoms with Crippen LogP contribution < -0.4 is 19.5 Å². The first kappa shape index (κ1) is 22.9. The minimum absolute atomic E-state index is 0.219. The molecule has 34 heavy (non-hydrogen) atoms. The Labute approximate surface area is 198 Å². The Kier molecular flexibility index (Phi) is 6.82. The molecule has 0 aliphatic carbocycles. The van der Waals surface area contributed by atoms with E-state index in [9.17, 15) is 4.79 Å². The molecule has 1 N–H and O–H groups in total. The largest absolute Gasteiger partial charge is 0.497 e. The van der Waals surface area contributed by atoms with Crippen molar-refractivity contribution < 1.29 is 23.5 Å². The number of benzene rings is 3. The van der Waals surface area contributed by atoms with E-state index in [1.165, 1.54) is 0 Å². The van der Waals surface area contributed by atoms with Crippen molar-refractivity contribution in [1.82, 2.24) is 5.16 Å².